The minimum absolute atomic E-state index is 0.770. The molecule has 0 N–H and O–H groups in total. The molecule has 0 aromatic heterocycles. The highest BCUT2D eigenvalue weighted by Gasteiger charge is 2.47. The third-order valence-electron chi connectivity index (χ3n) is 13.8. The summed E-state index contributed by atoms with van der Waals surface area (Å²) in [4.78, 5) is 0. The molecule has 0 spiro atoms. The zero-order valence-corrected chi connectivity index (χ0v) is 34.9. The highest BCUT2D eigenvalue weighted by molar-refractivity contribution is 6.02. The first-order valence-corrected chi connectivity index (χ1v) is 22.1. The van der Waals surface area contributed by atoms with Crippen LogP contribution in [0, 0.1) is 23.7 Å². The van der Waals surface area contributed by atoms with E-state index in [1.54, 1.807) is 0 Å². The third-order valence-corrected chi connectivity index (χ3v) is 13.8. The van der Waals surface area contributed by atoms with E-state index in [0.29, 0.717) is 0 Å². The molecule has 11 aromatic carbocycles. The van der Waals surface area contributed by atoms with Gasteiger partial charge in [0.05, 0.1) is 0 Å². The van der Waals surface area contributed by atoms with E-state index < -0.39 is 10.8 Å². The van der Waals surface area contributed by atoms with Gasteiger partial charge in [-0.1, -0.05) is 181 Å². The van der Waals surface area contributed by atoms with Gasteiger partial charge in [0.2, 0.25) is 0 Å². The molecule has 0 fully saturated rings. The lowest BCUT2D eigenvalue weighted by Crippen LogP contribution is -2.27. The van der Waals surface area contributed by atoms with Gasteiger partial charge in [0.1, 0.15) is 10.8 Å². The highest BCUT2D eigenvalue weighted by atomic mass is 14.5. The Hall–Kier alpha value is -8.42. The second-order valence-electron chi connectivity index (χ2n) is 17.3. The Morgan fingerprint density at radius 1 is 0.234 bits per heavy atom. The smallest absolute Gasteiger partial charge is 0.0764 e. The van der Waals surface area contributed by atoms with Crippen molar-refractivity contribution in [1.82, 2.24) is 0 Å². The molecule has 0 amide bonds. The number of hydrogen-bond donors (Lipinski definition) is 0. The predicted octanol–water partition coefficient (Wildman–Crippen LogP) is 15.0. The van der Waals surface area contributed by atoms with E-state index in [4.69, 9.17) is 0 Å². The van der Waals surface area contributed by atoms with Crippen molar-refractivity contribution in [2.75, 3.05) is 0 Å². The van der Waals surface area contributed by atoms with Crippen LogP contribution in [0.2, 0.25) is 0 Å². The molecule has 2 aliphatic rings. The Morgan fingerprint density at radius 3 is 0.734 bits per heavy atom. The van der Waals surface area contributed by atoms with Gasteiger partial charge in [-0.15, -0.1) is 0 Å². The van der Waals surface area contributed by atoms with E-state index in [1.165, 1.54) is 87.6 Å². The molecule has 0 unspecified atom stereocenters. The lowest BCUT2D eigenvalue weighted by Gasteiger charge is -2.31. The monoisotopic (exact) mass is 806 g/mol. The first-order valence-electron chi connectivity index (χ1n) is 22.1. The summed E-state index contributed by atoms with van der Waals surface area (Å²) in [5.41, 5.74) is 12.5. The van der Waals surface area contributed by atoms with Gasteiger partial charge in [-0.25, -0.2) is 0 Å². The SMILES string of the molecule is C(#CC1(c2ccc(C3(C#Cc4ccccc4)c4cc5ccccc5cc4-c4cc5ccccc5cc43)cc2)c2cc3ccccc3cc2-c2cc3ccccc3cc21)c1ccccc1. The van der Waals surface area contributed by atoms with Gasteiger partial charge >= 0.3 is 0 Å². The summed E-state index contributed by atoms with van der Waals surface area (Å²) in [6.07, 6.45) is 0. The molecular weight excluding hydrogens is 769 g/mol. The minimum Gasteiger partial charge on any atom is -0.0764 e. The molecule has 11 aromatic rings. The van der Waals surface area contributed by atoms with Crippen molar-refractivity contribution in [3.05, 3.63) is 275 Å². The van der Waals surface area contributed by atoms with Crippen molar-refractivity contribution < 1.29 is 0 Å². The van der Waals surface area contributed by atoms with E-state index in [2.05, 4.69) is 254 Å². The Labute approximate surface area is 373 Å². The van der Waals surface area contributed by atoms with Crippen LogP contribution < -0.4 is 0 Å². The lowest BCUT2D eigenvalue weighted by atomic mass is 9.69. The van der Waals surface area contributed by atoms with E-state index in [-0.39, 0.29) is 0 Å². The Kier molecular flexibility index (Phi) is 7.96. The average molecular weight is 807 g/mol. The third kappa shape index (κ3) is 5.40. The van der Waals surface area contributed by atoms with Crippen LogP contribution in [0.5, 0.6) is 0 Å². The molecule has 0 bridgehead atoms. The fraction of sp³-hybridized carbons (Fsp3) is 0.0312. The summed E-state index contributed by atoms with van der Waals surface area (Å²) in [7, 11) is 0. The predicted molar refractivity (Wildman–Crippen MR) is 267 cm³/mol. The van der Waals surface area contributed by atoms with Crippen LogP contribution in [-0.4, -0.2) is 0 Å². The van der Waals surface area contributed by atoms with Crippen LogP contribution in [0.4, 0.5) is 0 Å². The topological polar surface area (TPSA) is 0 Å². The zero-order valence-electron chi connectivity index (χ0n) is 34.9. The van der Waals surface area contributed by atoms with Crippen molar-refractivity contribution in [3.8, 4) is 45.9 Å². The van der Waals surface area contributed by atoms with E-state index in [9.17, 15) is 0 Å². The number of hydrogen-bond acceptors (Lipinski definition) is 0. The standard InChI is InChI=1S/C64H38/c1-3-15-43(16-4-1)31-33-63(59-39-49-23-11-7-19-45(49)35-55(59)56-36-46-20-8-12-24-50(46)40-60(56)63)53-27-29-54(30-28-53)64(34-32-44-17-5-2-6-18-44)61-41-51-25-13-9-21-47(51)37-57(61)58-38-48-22-10-14-26-52(48)42-62(58)64/h1-30,35-42H. The quantitative estimate of drug-likeness (QED) is 0.153. The molecule has 13 rings (SSSR count). The van der Waals surface area contributed by atoms with Crippen LogP contribution in [-0.2, 0) is 10.8 Å². The molecular formula is C64H38. The summed E-state index contributed by atoms with van der Waals surface area (Å²) in [5.74, 6) is 15.4. The van der Waals surface area contributed by atoms with Gasteiger partial charge in [-0.3, -0.25) is 0 Å². The second kappa shape index (κ2) is 14.1. The second-order valence-corrected chi connectivity index (χ2v) is 17.3. The van der Waals surface area contributed by atoms with Gasteiger partial charge in [-0.05, 0) is 172 Å². The maximum absolute atomic E-state index is 4.01. The molecule has 0 aliphatic heterocycles. The summed E-state index contributed by atoms with van der Waals surface area (Å²) >= 11 is 0. The van der Waals surface area contributed by atoms with Gasteiger partial charge < -0.3 is 0 Å². The molecule has 0 saturated heterocycles. The maximum Gasteiger partial charge on any atom is 0.108 e. The molecule has 0 radical (unpaired) electrons. The molecule has 2 aliphatic carbocycles. The maximum atomic E-state index is 4.01. The van der Waals surface area contributed by atoms with Crippen molar-refractivity contribution >= 4 is 43.1 Å². The van der Waals surface area contributed by atoms with Crippen molar-refractivity contribution in [2.45, 2.75) is 10.8 Å². The van der Waals surface area contributed by atoms with Gasteiger partial charge in [0.15, 0.2) is 0 Å². The Bertz CT molecular complexity index is 3400. The molecule has 0 atom stereocenters. The molecule has 0 nitrogen and oxygen atoms in total. The fourth-order valence-corrected chi connectivity index (χ4v) is 10.8. The van der Waals surface area contributed by atoms with Crippen molar-refractivity contribution in [2.24, 2.45) is 0 Å². The van der Waals surface area contributed by atoms with E-state index in [0.717, 1.165) is 22.3 Å². The lowest BCUT2D eigenvalue weighted by molar-refractivity contribution is 0.817. The molecule has 64 heavy (non-hydrogen) atoms. The summed E-state index contributed by atoms with van der Waals surface area (Å²) in [6, 6.07) is 84.2. The van der Waals surface area contributed by atoms with Crippen molar-refractivity contribution in [1.29, 1.82) is 0 Å². The van der Waals surface area contributed by atoms with Crippen LogP contribution in [0.25, 0.3) is 65.3 Å². The van der Waals surface area contributed by atoms with E-state index in [1.807, 2.05) is 0 Å². The summed E-state index contributed by atoms with van der Waals surface area (Å²) < 4.78 is 0. The number of rotatable bonds is 2. The number of fused-ring (bicyclic) bond motifs is 10. The largest absolute Gasteiger partial charge is 0.108 e. The zero-order chi connectivity index (χ0) is 42.2. The average Bonchev–Trinajstić information content (AvgIpc) is 3.77. The number of benzene rings is 11. The first kappa shape index (κ1) is 36.3. The highest BCUT2D eigenvalue weighted by Crippen LogP contribution is 2.57. The Morgan fingerprint density at radius 2 is 0.469 bits per heavy atom. The molecule has 0 heteroatoms. The molecule has 0 saturated carbocycles. The van der Waals surface area contributed by atoms with Gasteiger partial charge in [0, 0.05) is 11.1 Å². The van der Waals surface area contributed by atoms with Crippen molar-refractivity contribution in [3.63, 3.8) is 0 Å². The molecule has 294 valence electrons. The van der Waals surface area contributed by atoms with Crippen LogP contribution in [0.15, 0.2) is 231 Å². The Balaban J connectivity index is 1.11. The van der Waals surface area contributed by atoms with Gasteiger partial charge in [-0.2, -0.15) is 0 Å². The summed E-state index contributed by atoms with van der Waals surface area (Å²) in [6.45, 7) is 0. The molecule has 0 heterocycles. The van der Waals surface area contributed by atoms with Crippen LogP contribution in [0.3, 0.4) is 0 Å². The minimum atomic E-state index is -0.770. The fourth-order valence-electron chi connectivity index (χ4n) is 10.8. The first-order chi connectivity index (χ1) is 31.7. The van der Waals surface area contributed by atoms with Crippen LogP contribution >= 0.6 is 0 Å². The van der Waals surface area contributed by atoms with Gasteiger partial charge in [0.25, 0.3) is 0 Å². The van der Waals surface area contributed by atoms with Crippen LogP contribution in [0.1, 0.15) is 44.5 Å². The normalized spacial score (nSPS) is 13.6. The van der Waals surface area contributed by atoms with E-state index >= 15 is 0 Å². The summed E-state index contributed by atoms with van der Waals surface area (Å²) in [5, 5.41) is 9.70.